The predicted molar refractivity (Wildman–Crippen MR) is 91.8 cm³/mol. The van der Waals surface area contributed by atoms with E-state index in [1.165, 1.54) is 0 Å². The van der Waals surface area contributed by atoms with Crippen LogP contribution in [0.5, 0.6) is 0 Å². The Labute approximate surface area is 155 Å². The van der Waals surface area contributed by atoms with Crippen molar-refractivity contribution < 1.29 is 13.2 Å². The van der Waals surface area contributed by atoms with E-state index in [1.807, 2.05) is 0 Å². The van der Waals surface area contributed by atoms with Gasteiger partial charge < -0.3 is 4.90 Å². The van der Waals surface area contributed by atoms with Crippen molar-refractivity contribution in [3.05, 3.63) is 30.0 Å². The molecule has 2 aromatic rings. The van der Waals surface area contributed by atoms with Crippen LogP contribution >= 0.6 is 0 Å². The van der Waals surface area contributed by atoms with E-state index in [-0.39, 0.29) is 12.1 Å². The molecule has 0 radical (unpaired) electrons. The summed E-state index contributed by atoms with van der Waals surface area (Å²) in [5, 5.41) is 8.40. The molecule has 27 heavy (non-hydrogen) atoms. The number of nitrogens with zero attached hydrogens (tertiary/aromatic N) is 7. The molecule has 0 amide bonds. The van der Waals surface area contributed by atoms with Crippen molar-refractivity contribution in [2.24, 2.45) is 7.05 Å². The molecule has 1 aliphatic carbocycles. The number of anilines is 1. The Hall–Kier alpha value is -2.23. The zero-order valence-corrected chi connectivity index (χ0v) is 15.1. The SMILES string of the molecule is Cn1ncc(CN2CCC(N(c3cc(C(F)(F)F)ncn3)C3CC3)CC2)n1. The number of piperidine rings is 1. The lowest BCUT2D eigenvalue weighted by Gasteiger charge is -2.39. The Balaban J connectivity index is 1.44. The van der Waals surface area contributed by atoms with Gasteiger partial charge in [0.25, 0.3) is 0 Å². The Kier molecular flexibility index (Phi) is 4.75. The summed E-state index contributed by atoms with van der Waals surface area (Å²) < 4.78 is 39.1. The molecule has 0 unspecified atom stereocenters. The van der Waals surface area contributed by atoms with Gasteiger partial charge in [0.1, 0.15) is 17.8 Å². The summed E-state index contributed by atoms with van der Waals surface area (Å²) in [4.78, 5) is 13.5. The number of alkyl halides is 3. The first kappa shape index (κ1) is 18.1. The first-order valence-electron chi connectivity index (χ1n) is 9.15. The van der Waals surface area contributed by atoms with Crippen LogP contribution in [-0.4, -0.2) is 55.0 Å². The fraction of sp³-hybridized carbons (Fsp3) is 0.647. The van der Waals surface area contributed by atoms with Crippen molar-refractivity contribution >= 4 is 5.82 Å². The minimum Gasteiger partial charge on any atom is -0.350 e. The highest BCUT2D eigenvalue weighted by molar-refractivity contribution is 5.44. The number of hydrogen-bond donors (Lipinski definition) is 0. The van der Waals surface area contributed by atoms with Crippen LogP contribution in [0.15, 0.2) is 18.6 Å². The van der Waals surface area contributed by atoms with Crippen molar-refractivity contribution in [3.63, 3.8) is 0 Å². The van der Waals surface area contributed by atoms with E-state index >= 15 is 0 Å². The predicted octanol–water partition coefficient (Wildman–Crippen LogP) is 2.26. The molecule has 10 heteroatoms. The van der Waals surface area contributed by atoms with Gasteiger partial charge in [-0.2, -0.15) is 28.2 Å². The highest BCUT2D eigenvalue weighted by Gasteiger charge is 2.38. The summed E-state index contributed by atoms with van der Waals surface area (Å²) in [5.41, 5.74) is 0.0545. The molecule has 0 bridgehead atoms. The Morgan fingerprint density at radius 1 is 1.11 bits per heavy atom. The average molecular weight is 381 g/mol. The summed E-state index contributed by atoms with van der Waals surface area (Å²) in [6.07, 6.45) is 2.13. The van der Waals surface area contributed by atoms with Crippen LogP contribution in [0.1, 0.15) is 37.1 Å². The molecule has 1 saturated heterocycles. The largest absolute Gasteiger partial charge is 0.433 e. The minimum absolute atomic E-state index is 0.201. The van der Waals surface area contributed by atoms with Gasteiger partial charge in [-0.05, 0) is 25.7 Å². The Morgan fingerprint density at radius 3 is 2.41 bits per heavy atom. The molecule has 0 aromatic carbocycles. The zero-order chi connectivity index (χ0) is 19.0. The monoisotopic (exact) mass is 381 g/mol. The van der Waals surface area contributed by atoms with E-state index < -0.39 is 11.9 Å². The van der Waals surface area contributed by atoms with Crippen molar-refractivity contribution in [2.45, 2.75) is 50.5 Å². The average Bonchev–Trinajstić information content (AvgIpc) is 3.38. The lowest BCUT2D eigenvalue weighted by atomic mass is 10.0. The zero-order valence-electron chi connectivity index (χ0n) is 15.1. The van der Waals surface area contributed by atoms with E-state index in [1.54, 1.807) is 18.0 Å². The standard InChI is InChI=1S/C17H22F3N7/c1-25-23-9-12(24-25)10-26-6-4-14(5-7-26)27(13-2-3-13)16-8-15(17(18,19)20)21-11-22-16/h8-9,11,13-14H,2-7,10H2,1H3. The maximum Gasteiger partial charge on any atom is 0.433 e. The second kappa shape index (κ2) is 7.06. The summed E-state index contributed by atoms with van der Waals surface area (Å²) in [6, 6.07) is 1.58. The van der Waals surface area contributed by atoms with Gasteiger partial charge in [-0.3, -0.25) is 4.90 Å². The van der Waals surface area contributed by atoms with Crippen LogP contribution in [0.4, 0.5) is 19.0 Å². The lowest BCUT2D eigenvalue weighted by molar-refractivity contribution is -0.141. The quantitative estimate of drug-likeness (QED) is 0.792. The topological polar surface area (TPSA) is 63.0 Å². The highest BCUT2D eigenvalue weighted by Crippen LogP contribution is 2.37. The van der Waals surface area contributed by atoms with Gasteiger partial charge in [0, 0.05) is 44.8 Å². The summed E-state index contributed by atoms with van der Waals surface area (Å²) >= 11 is 0. The number of likely N-dealkylation sites (tertiary alicyclic amines) is 1. The lowest BCUT2D eigenvalue weighted by Crippen LogP contribution is -2.46. The molecule has 1 saturated carbocycles. The summed E-state index contributed by atoms with van der Waals surface area (Å²) in [5.74, 6) is 0.396. The van der Waals surface area contributed by atoms with Gasteiger partial charge >= 0.3 is 6.18 Å². The van der Waals surface area contributed by atoms with Gasteiger partial charge in [-0.15, -0.1) is 0 Å². The van der Waals surface area contributed by atoms with Gasteiger partial charge in [-0.25, -0.2) is 9.97 Å². The molecule has 2 aromatic heterocycles. The molecule has 2 fully saturated rings. The molecule has 0 N–H and O–H groups in total. The van der Waals surface area contributed by atoms with Crippen LogP contribution in [0, 0.1) is 0 Å². The Morgan fingerprint density at radius 2 is 1.81 bits per heavy atom. The molecule has 0 spiro atoms. The third-order valence-electron chi connectivity index (χ3n) is 5.13. The van der Waals surface area contributed by atoms with Crippen LogP contribution in [-0.2, 0) is 19.8 Å². The molecule has 0 atom stereocenters. The fourth-order valence-corrected chi connectivity index (χ4v) is 3.71. The smallest absolute Gasteiger partial charge is 0.350 e. The van der Waals surface area contributed by atoms with Gasteiger partial charge in [0.15, 0.2) is 0 Å². The first-order chi connectivity index (χ1) is 12.9. The van der Waals surface area contributed by atoms with Crippen LogP contribution < -0.4 is 4.90 Å². The van der Waals surface area contributed by atoms with Crippen molar-refractivity contribution in [1.29, 1.82) is 0 Å². The third kappa shape index (κ3) is 4.20. The number of halogens is 3. The third-order valence-corrected chi connectivity index (χ3v) is 5.13. The maximum absolute atomic E-state index is 13.0. The minimum atomic E-state index is -4.45. The van der Waals surface area contributed by atoms with Crippen LogP contribution in [0.25, 0.3) is 0 Å². The normalized spacial score (nSPS) is 19.4. The van der Waals surface area contributed by atoms with E-state index in [2.05, 4.69) is 30.0 Å². The van der Waals surface area contributed by atoms with E-state index in [4.69, 9.17) is 0 Å². The molecular weight excluding hydrogens is 359 g/mol. The van der Waals surface area contributed by atoms with Crippen molar-refractivity contribution in [1.82, 2.24) is 29.9 Å². The molecule has 7 nitrogen and oxygen atoms in total. The molecule has 2 aliphatic rings. The van der Waals surface area contributed by atoms with Gasteiger partial charge in [0.05, 0.1) is 11.9 Å². The van der Waals surface area contributed by atoms with Crippen LogP contribution in [0.3, 0.4) is 0 Å². The summed E-state index contributed by atoms with van der Waals surface area (Å²) in [6.45, 7) is 2.50. The second-order valence-corrected chi connectivity index (χ2v) is 7.23. The molecule has 146 valence electrons. The molecule has 1 aliphatic heterocycles. The first-order valence-corrected chi connectivity index (χ1v) is 9.15. The van der Waals surface area contributed by atoms with E-state index in [0.717, 1.165) is 63.4 Å². The van der Waals surface area contributed by atoms with Crippen molar-refractivity contribution in [3.8, 4) is 0 Å². The maximum atomic E-state index is 13.0. The highest BCUT2D eigenvalue weighted by atomic mass is 19.4. The number of hydrogen-bond acceptors (Lipinski definition) is 6. The van der Waals surface area contributed by atoms with Crippen LogP contribution in [0.2, 0.25) is 0 Å². The molecule has 3 heterocycles. The molecular formula is C17H22F3N7. The van der Waals surface area contributed by atoms with E-state index in [0.29, 0.717) is 5.82 Å². The van der Waals surface area contributed by atoms with Gasteiger partial charge in [-0.1, -0.05) is 0 Å². The number of rotatable bonds is 5. The second-order valence-electron chi connectivity index (χ2n) is 7.23. The van der Waals surface area contributed by atoms with Crippen molar-refractivity contribution in [2.75, 3.05) is 18.0 Å². The Bertz CT molecular complexity index is 779. The molecule has 4 rings (SSSR count). The number of aryl methyl sites for hydroxylation is 1. The van der Waals surface area contributed by atoms with Gasteiger partial charge in [0.2, 0.25) is 0 Å². The fourth-order valence-electron chi connectivity index (χ4n) is 3.71. The van der Waals surface area contributed by atoms with E-state index in [9.17, 15) is 13.2 Å². The summed E-state index contributed by atoms with van der Waals surface area (Å²) in [7, 11) is 1.79. The number of aromatic nitrogens is 5.